The second-order valence-corrected chi connectivity index (χ2v) is 11.4. The Bertz CT molecular complexity index is 1370. The lowest BCUT2D eigenvalue weighted by Gasteiger charge is -2.50. The molecule has 2 N–H and O–H groups in total. The highest BCUT2D eigenvalue weighted by Crippen LogP contribution is 2.55. The predicted molar refractivity (Wildman–Crippen MR) is 133 cm³/mol. The summed E-state index contributed by atoms with van der Waals surface area (Å²) in [7, 11) is 0. The lowest BCUT2D eigenvalue weighted by Crippen LogP contribution is -2.62. The first kappa shape index (κ1) is 24.3. The standard InChI is InChI=1S/C26H30N8O4/c1-15-4-5-17(32-31-15)9-27-21(35)20-11-38-22(30-20)19-10-33(23(36)16-7-28-29-8-16)12-26(19)13-34(14-26)24(37)18-6-25(18,2)3/h4-5,7-8,11,18-19H,6,9-10,12-14H2,1-3H3,(H,27,35)(H,28,29)/t18-,19?/m1/s1. The zero-order chi connectivity index (χ0) is 26.7. The third-order valence-electron chi connectivity index (χ3n) is 8.15. The van der Waals surface area contributed by atoms with E-state index >= 15 is 0 Å². The van der Waals surface area contributed by atoms with Crippen molar-refractivity contribution in [3.8, 4) is 0 Å². The SMILES string of the molecule is Cc1ccc(CNC(=O)c2coc(C3CN(C(=O)c4cn[nH]c4)CC34CN(C(=O)[C@H]3CC3(C)C)C4)n2)nn1. The van der Waals surface area contributed by atoms with E-state index in [0.717, 1.165) is 12.1 Å². The average molecular weight is 519 g/mol. The molecule has 1 spiro atoms. The summed E-state index contributed by atoms with van der Waals surface area (Å²) >= 11 is 0. The number of carbonyl (C=O) groups is 3. The molecule has 198 valence electrons. The molecule has 3 fully saturated rings. The molecule has 12 heteroatoms. The van der Waals surface area contributed by atoms with E-state index in [2.05, 4.69) is 44.5 Å². The number of oxazole rings is 1. The lowest BCUT2D eigenvalue weighted by atomic mass is 9.71. The summed E-state index contributed by atoms with van der Waals surface area (Å²) in [6.45, 7) is 8.16. The Hall–Kier alpha value is -4.09. The van der Waals surface area contributed by atoms with E-state index < -0.39 is 0 Å². The number of aromatic amines is 1. The van der Waals surface area contributed by atoms with Crippen LogP contribution >= 0.6 is 0 Å². The van der Waals surface area contributed by atoms with Crippen molar-refractivity contribution in [2.24, 2.45) is 16.7 Å². The minimum atomic E-state index is -0.387. The molecule has 12 nitrogen and oxygen atoms in total. The summed E-state index contributed by atoms with van der Waals surface area (Å²) < 4.78 is 5.82. The van der Waals surface area contributed by atoms with Gasteiger partial charge in [0.1, 0.15) is 6.26 Å². The van der Waals surface area contributed by atoms with E-state index in [0.29, 0.717) is 43.3 Å². The average Bonchev–Trinajstić information content (AvgIpc) is 3.40. The van der Waals surface area contributed by atoms with Crippen LogP contribution in [0.3, 0.4) is 0 Å². The zero-order valence-electron chi connectivity index (χ0n) is 21.6. The largest absolute Gasteiger partial charge is 0.448 e. The lowest BCUT2D eigenvalue weighted by molar-refractivity contribution is -0.146. The van der Waals surface area contributed by atoms with Crippen LogP contribution < -0.4 is 5.32 Å². The minimum absolute atomic E-state index is 0.0488. The van der Waals surface area contributed by atoms with Crippen molar-refractivity contribution >= 4 is 17.7 Å². The van der Waals surface area contributed by atoms with Crippen LogP contribution in [0.25, 0.3) is 0 Å². The van der Waals surface area contributed by atoms with Crippen molar-refractivity contribution < 1.29 is 18.8 Å². The van der Waals surface area contributed by atoms with E-state index in [4.69, 9.17) is 4.42 Å². The number of amides is 3. The van der Waals surface area contributed by atoms with Crippen LogP contribution in [0.15, 0.2) is 35.2 Å². The van der Waals surface area contributed by atoms with Crippen molar-refractivity contribution in [1.82, 2.24) is 40.5 Å². The third-order valence-corrected chi connectivity index (χ3v) is 8.15. The smallest absolute Gasteiger partial charge is 0.273 e. The van der Waals surface area contributed by atoms with Crippen LogP contribution in [0.1, 0.15) is 64.3 Å². The summed E-state index contributed by atoms with van der Waals surface area (Å²) in [4.78, 5) is 47.1. The normalized spacial score (nSPS) is 22.8. The summed E-state index contributed by atoms with van der Waals surface area (Å²) in [5, 5.41) is 17.4. The van der Waals surface area contributed by atoms with E-state index in [1.165, 1.54) is 12.5 Å². The Morgan fingerprint density at radius 3 is 2.58 bits per heavy atom. The number of nitrogens with one attached hydrogen (secondary N) is 2. The summed E-state index contributed by atoms with van der Waals surface area (Å²) in [5.74, 6) is -0.158. The number of hydrogen-bond acceptors (Lipinski definition) is 8. The topological polar surface area (TPSA) is 150 Å². The summed E-state index contributed by atoms with van der Waals surface area (Å²) in [5.41, 5.74) is 1.72. The van der Waals surface area contributed by atoms with Crippen molar-refractivity contribution in [2.75, 3.05) is 26.2 Å². The van der Waals surface area contributed by atoms with Crippen LogP contribution in [0.5, 0.6) is 0 Å². The van der Waals surface area contributed by atoms with Gasteiger partial charge in [0.2, 0.25) is 5.91 Å². The highest BCUT2D eigenvalue weighted by Gasteiger charge is 2.61. The van der Waals surface area contributed by atoms with Crippen LogP contribution in [0.4, 0.5) is 0 Å². The van der Waals surface area contributed by atoms with Crippen molar-refractivity contribution in [2.45, 2.75) is 39.7 Å². The molecule has 3 aromatic heterocycles. The second-order valence-electron chi connectivity index (χ2n) is 11.4. The van der Waals surface area contributed by atoms with E-state index in [1.807, 2.05) is 17.9 Å². The molecule has 3 amide bonds. The van der Waals surface area contributed by atoms with Gasteiger partial charge in [0.15, 0.2) is 11.6 Å². The highest BCUT2D eigenvalue weighted by atomic mass is 16.3. The molecule has 0 bridgehead atoms. The maximum absolute atomic E-state index is 13.1. The van der Waals surface area contributed by atoms with E-state index in [1.54, 1.807) is 17.2 Å². The van der Waals surface area contributed by atoms with Gasteiger partial charge < -0.3 is 19.5 Å². The molecule has 0 radical (unpaired) electrons. The Morgan fingerprint density at radius 2 is 1.92 bits per heavy atom. The van der Waals surface area contributed by atoms with Gasteiger partial charge in [0.25, 0.3) is 11.8 Å². The van der Waals surface area contributed by atoms with E-state index in [-0.39, 0.29) is 52.6 Å². The molecule has 0 aromatic carbocycles. The molecule has 6 rings (SSSR count). The number of likely N-dealkylation sites (tertiary alicyclic amines) is 2. The molecule has 5 heterocycles. The number of carbonyl (C=O) groups excluding carboxylic acids is 3. The number of aryl methyl sites for hydroxylation is 1. The first-order valence-corrected chi connectivity index (χ1v) is 12.7. The summed E-state index contributed by atoms with van der Waals surface area (Å²) in [6, 6.07) is 3.63. The van der Waals surface area contributed by atoms with Gasteiger partial charge in [-0.2, -0.15) is 15.3 Å². The Kier molecular flexibility index (Phi) is 5.58. The van der Waals surface area contributed by atoms with Gasteiger partial charge in [-0.3, -0.25) is 19.5 Å². The monoisotopic (exact) mass is 518 g/mol. The van der Waals surface area contributed by atoms with Crippen molar-refractivity contribution in [3.05, 3.63) is 59.3 Å². The molecular weight excluding hydrogens is 488 g/mol. The molecule has 1 saturated carbocycles. The zero-order valence-corrected chi connectivity index (χ0v) is 21.6. The van der Waals surface area contributed by atoms with Gasteiger partial charge in [-0.1, -0.05) is 13.8 Å². The first-order chi connectivity index (χ1) is 18.1. The van der Waals surface area contributed by atoms with Gasteiger partial charge in [-0.05, 0) is 30.9 Å². The first-order valence-electron chi connectivity index (χ1n) is 12.7. The van der Waals surface area contributed by atoms with Crippen LogP contribution in [0, 0.1) is 23.7 Å². The molecule has 2 saturated heterocycles. The van der Waals surface area contributed by atoms with Gasteiger partial charge in [0.05, 0.1) is 35.6 Å². The molecule has 1 unspecified atom stereocenters. The minimum Gasteiger partial charge on any atom is -0.448 e. The molecule has 2 aliphatic heterocycles. The Balaban J connectivity index is 1.18. The van der Waals surface area contributed by atoms with Crippen LogP contribution in [-0.4, -0.2) is 79.1 Å². The van der Waals surface area contributed by atoms with E-state index in [9.17, 15) is 14.4 Å². The molecule has 38 heavy (non-hydrogen) atoms. The van der Waals surface area contributed by atoms with Gasteiger partial charge in [-0.25, -0.2) is 4.98 Å². The second kappa shape index (κ2) is 8.74. The highest BCUT2D eigenvalue weighted by molar-refractivity contribution is 5.94. The molecule has 2 atom stereocenters. The van der Waals surface area contributed by atoms with Crippen LogP contribution in [-0.2, 0) is 11.3 Å². The number of hydrogen-bond donors (Lipinski definition) is 2. The maximum atomic E-state index is 13.1. The fraction of sp³-hybridized carbons (Fsp3) is 0.500. The number of aromatic nitrogens is 5. The van der Waals surface area contributed by atoms with Crippen LogP contribution in [0.2, 0.25) is 0 Å². The molecular formula is C26H30N8O4. The molecule has 3 aromatic rings. The van der Waals surface area contributed by atoms with Gasteiger partial charge in [0, 0.05) is 43.7 Å². The maximum Gasteiger partial charge on any atom is 0.273 e. The molecule has 1 aliphatic carbocycles. The number of rotatable bonds is 6. The van der Waals surface area contributed by atoms with Crippen molar-refractivity contribution in [3.63, 3.8) is 0 Å². The van der Waals surface area contributed by atoms with Gasteiger partial charge in [-0.15, -0.1) is 0 Å². The Labute approximate surface area is 219 Å². The summed E-state index contributed by atoms with van der Waals surface area (Å²) in [6.07, 6.45) is 5.31. The fourth-order valence-corrected chi connectivity index (χ4v) is 5.65. The Morgan fingerprint density at radius 1 is 1.16 bits per heavy atom. The predicted octanol–water partition coefficient (Wildman–Crippen LogP) is 1.54. The third kappa shape index (κ3) is 4.23. The fourth-order valence-electron chi connectivity index (χ4n) is 5.65. The quantitative estimate of drug-likeness (QED) is 0.499. The van der Waals surface area contributed by atoms with Crippen molar-refractivity contribution in [1.29, 1.82) is 0 Å². The molecule has 3 aliphatic rings. The number of nitrogens with zero attached hydrogens (tertiary/aromatic N) is 6. The van der Waals surface area contributed by atoms with Gasteiger partial charge >= 0.3 is 0 Å². The number of H-pyrrole nitrogens is 1.